The van der Waals surface area contributed by atoms with Crippen molar-refractivity contribution in [3.63, 3.8) is 0 Å². The maximum atomic E-state index is 12.4. The second kappa shape index (κ2) is 6.84. The highest BCUT2D eigenvalue weighted by Crippen LogP contribution is 2.36. The van der Waals surface area contributed by atoms with E-state index < -0.39 is 0 Å². The molecule has 2 aliphatic rings. The smallest absolute Gasteiger partial charge is 0.237 e. The Labute approximate surface area is 130 Å². The molecule has 2 N–H and O–H groups in total. The Morgan fingerprint density at radius 1 is 1.33 bits per heavy atom. The molecule has 1 aromatic carbocycles. The fourth-order valence-corrected chi connectivity index (χ4v) is 4.64. The van der Waals surface area contributed by atoms with Crippen LogP contribution in [0.3, 0.4) is 0 Å². The molecule has 2 atom stereocenters. The molecule has 1 aromatic rings. The summed E-state index contributed by atoms with van der Waals surface area (Å²) in [6.07, 6.45) is 5.26. The largest absolute Gasteiger partial charge is 0.391 e. The Bertz CT molecular complexity index is 499. The number of thioether (sulfide) groups is 1. The van der Waals surface area contributed by atoms with Gasteiger partial charge in [-0.2, -0.15) is 0 Å². The molecule has 0 saturated heterocycles. The van der Waals surface area contributed by atoms with E-state index in [1.165, 1.54) is 18.4 Å². The summed E-state index contributed by atoms with van der Waals surface area (Å²) in [6, 6.07) is 8.20. The molecule has 1 heterocycles. The van der Waals surface area contributed by atoms with Gasteiger partial charge < -0.3 is 10.4 Å². The summed E-state index contributed by atoms with van der Waals surface area (Å²) in [5.74, 6) is 1.40. The molecule has 0 aromatic heterocycles. The van der Waals surface area contributed by atoms with E-state index in [1.54, 1.807) is 11.8 Å². The third-order valence-electron chi connectivity index (χ3n) is 4.66. The Hall–Kier alpha value is -1.00. The number of aliphatic hydroxyl groups is 1. The molecule has 1 saturated carbocycles. The maximum Gasteiger partial charge on any atom is 0.237 e. The first kappa shape index (κ1) is 14.9. The molecule has 1 aliphatic heterocycles. The van der Waals surface area contributed by atoms with E-state index in [1.807, 2.05) is 12.1 Å². The fraction of sp³-hybridized carbons (Fsp3) is 0.588. The second-order valence-corrected chi connectivity index (χ2v) is 7.27. The van der Waals surface area contributed by atoms with Crippen LogP contribution in [0.1, 0.15) is 42.1 Å². The number of benzene rings is 1. The quantitative estimate of drug-likeness (QED) is 0.899. The van der Waals surface area contributed by atoms with Crippen molar-refractivity contribution in [3.8, 4) is 0 Å². The summed E-state index contributed by atoms with van der Waals surface area (Å²) < 4.78 is 0. The van der Waals surface area contributed by atoms with Crippen molar-refractivity contribution < 1.29 is 9.90 Å². The van der Waals surface area contributed by atoms with Crippen LogP contribution in [0.25, 0.3) is 0 Å². The van der Waals surface area contributed by atoms with Crippen molar-refractivity contribution in [1.29, 1.82) is 0 Å². The molecule has 0 radical (unpaired) electrons. The monoisotopic (exact) mass is 305 g/mol. The highest BCUT2D eigenvalue weighted by atomic mass is 32.2. The molecule has 1 fully saturated rings. The first-order valence-corrected chi connectivity index (χ1v) is 8.96. The Morgan fingerprint density at radius 2 is 2.10 bits per heavy atom. The normalized spacial score (nSPS) is 23.6. The number of rotatable bonds is 4. The lowest BCUT2D eigenvalue weighted by molar-refractivity contribution is -0.121. The molecule has 3 nitrogen and oxygen atoms in total. The number of nitrogens with one attached hydrogen (secondary N) is 1. The minimum Gasteiger partial charge on any atom is -0.391 e. The molecule has 0 bridgehead atoms. The third-order valence-corrected chi connectivity index (χ3v) is 5.90. The number of hydrogen-bond donors (Lipinski definition) is 2. The van der Waals surface area contributed by atoms with Crippen LogP contribution in [0.4, 0.5) is 0 Å². The summed E-state index contributed by atoms with van der Waals surface area (Å²) in [5, 5.41) is 13.0. The lowest BCUT2D eigenvalue weighted by Gasteiger charge is -2.25. The van der Waals surface area contributed by atoms with E-state index in [2.05, 4.69) is 17.4 Å². The summed E-state index contributed by atoms with van der Waals surface area (Å²) >= 11 is 1.70. The predicted molar refractivity (Wildman–Crippen MR) is 86.3 cm³/mol. The third kappa shape index (κ3) is 3.43. The van der Waals surface area contributed by atoms with Gasteiger partial charge in [-0.1, -0.05) is 37.1 Å². The summed E-state index contributed by atoms with van der Waals surface area (Å²) in [7, 11) is 0. The van der Waals surface area contributed by atoms with Crippen molar-refractivity contribution in [2.24, 2.45) is 5.92 Å². The van der Waals surface area contributed by atoms with Crippen molar-refractivity contribution in [3.05, 3.63) is 35.4 Å². The molecule has 0 spiro atoms. The molecule has 4 heteroatoms. The van der Waals surface area contributed by atoms with Crippen LogP contribution in [-0.2, 0) is 11.2 Å². The van der Waals surface area contributed by atoms with Crippen molar-refractivity contribution in [2.75, 3.05) is 12.3 Å². The number of hydrogen-bond acceptors (Lipinski definition) is 3. The number of amides is 1. The second-order valence-electron chi connectivity index (χ2n) is 6.06. The minimum atomic E-state index is -0.389. The highest BCUT2D eigenvalue weighted by molar-refractivity contribution is 8.00. The van der Waals surface area contributed by atoms with Crippen molar-refractivity contribution in [2.45, 2.75) is 43.5 Å². The Balaban J connectivity index is 1.58. The number of carbonyl (C=O) groups excluding carboxylic acids is 1. The van der Waals surface area contributed by atoms with Gasteiger partial charge in [-0.3, -0.25) is 4.79 Å². The van der Waals surface area contributed by atoms with Crippen LogP contribution in [0.2, 0.25) is 0 Å². The van der Waals surface area contributed by atoms with Gasteiger partial charge in [0.05, 0.1) is 6.10 Å². The highest BCUT2D eigenvalue weighted by Gasteiger charge is 2.28. The van der Waals surface area contributed by atoms with Crippen LogP contribution in [-0.4, -0.2) is 29.4 Å². The maximum absolute atomic E-state index is 12.4. The Kier molecular flexibility index (Phi) is 4.86. The average molecular weight is 305 g/mol. The van der Waals surface area contributed by atoms with Gasteiger partial charge in [-0.15, -0.1) is 11.8 Å². The van der Waals surface area contributed by atoms with Gasteiger partial charge in [0.25, 0.3) is 0 Å². The number of aliphatic hydroxyl groups excluding tert-OH is 1. The van der Waals surface area contributed by atoms with Crippen LogP contribution >= 0.6 is 11.8 Å². The molecule has 0 unspecified atom stereocenters. The summed E-state index contributed by atoms with van der Waals surface area (Å²) in [6.45, 7) is 0.392. The summed E-state index contributed by atoms with van der Waals surface area (Å²) in [5.41, 5.74) is 2.43. The van der Waals surface area contributed by atoms with Crippen LogP contribution in [0.15, 0.2) is 24.3 Å². The fourth-order valence-electron chi connectivity index (χ4n) is 3.42. The molecule has 21 heavy (non-hydrogen) atoms. The minimum absolute atomic E-state index is 0.0456. The van der Waals surface area contributed by atoms with E-state index >= 15 is 0 Å². The zero-order chi connectivity index (χ0) is 14.7. The standard InChI is InChI=1S/C17H23NO2S/c19-15(13-6-1-2-7-13)11-18-17(20)16-14-8-4-3-5-12(14)9-10-21-16/h3-5,8,13,15-16,19H,1-2,6-7,9-11H2,(H,18,20)/t15-,16+/m0/s1. The van der Waals surface area contributed by atoms with E-state index in [4.69, 9.17) is 0 Å². The number of aryl methyl sites for hydroxylation is 1. The molecule has 1 aliphatic carbocycles. The molecule has 1 amide bonds. The van der Waals surface area contributed by atoms with E-state index in [0.29, 0.717) is 12.5 Å². The van der Waals surface area contributed by atoms with Crippen LogP contribution in [0.5, 0.6) is 0 Å². The van der Waals surface area contributed by atoms with Gasteiger partial charge in [0, 0.05) is 6.54 Å². The average Bonchev–Trinajstić information content (AvgIpc) is 3.06. The van der Waals surface area contributed by atoms with Crippen LogP contribution in [0, 0.1) is 5.92 Å². The molecular formula is C17H23NO2S. The first-order valence-electron chi connectivity index (χ1n) is 7.91. The molecule has 3 rings (SSSR count). The van der Waals surface area contributed by atoms with Gasteiger partial charge >= 0.3 is 0 Å². The Morgan fingerprint density at radius 3 is 2.90 bits per heavy atom. The molecule has 114 valence electrons. The van der Waals surface area contributed by atoms with Crippen LogP contribution < -0.4 is 5.32 Å². The van der Waals surface area contributed by atoms with Gasteiger partial charge in [0.2, 0.25) is 5.91 Å². The van der Waals surface area contributed by atoms with Gasteiger partial charge in [-0.25, -0.2) is 0 Å². The van der Waals surface area contributed by atoms with Gasteiger partial charge in [0.1, 0.15) is 5.25 Å². The van der Waals surface area contributed by atoms with Crippen molar-refractivity contribution in [1.82, 2.24) is 5.32 Å². The first-order chi connectivity index (χ1) is 10.3. The number of fused-ring (bicyclic) bond motifs is 1. The number of carbonyl (C=O) groups is 1. The van der Waals surface area contributed by atoms with E-state index in [-0.39, 0.29) is 17.3 Å². The summed E-state index contributed by atoms with van der Waals surface area (Å²) in [4.78, 5) is 12.4. The molecular weight excluding hydrogens is 282 g/mol. The van der Waals surface area contributed by atoms with Gasteiger partial charge in [0.15, 0.2) is 0 Å². The zero-order valence-corrected chi connectivity index (χ0v) is 13.1. The SMILES string of the molecule is O=C(NC[C@H](O)C1CCCC1)[C@@H]1SCCc2ccccc21. The lowest BCUT2D eigenvalue weighted by atomic mass is 10.00. The predicted octanol–water partition coefficient (Wildman–Crippen LogP) is 2.68. The zero-order valence-electron chi connectivity index (χ0n) is 12.3. The van der Waals surface area contributed by atoms with E-state index in [9.17, 15) is 9.90 Å². The lowest BCUT2D eigenvalue weighted by Crippen LogP contribution is -2.38. The van der Waals surface area contributed by atoms with Crippen molar-refractivity contribution >= 4 is 17.7 Å². The van der Waals surface area contributed by atoms with Gasteiger partial charge in [-0.05, 0) is 42.1 Å². The van der Waals surface area contributed by atoms with E-state index in [0.717, 1.165) is 30.6 Å². The topological polar surface area (TPSA) is 49.3 Å².